The molecule has 4 heteroatoms. The molecule has 1 amide bonds. The van der Waals surface area contributed by atoms with E-state index in [9.17, 15) is 4.79 Å². The second-order valence-electron chi connectivity index (χ2n) is 7.02. The Balaban J connectivity index is 1.86. The monoisotopic (exact) mass is 292 g/mol. The van der Waals surface area contributed by atoms with E-state index >= 15 is 0 Å². The molecule has 0 aromatic carbocycles. The smallest absolute Gasteiger partial charge is 0.241 e. The molecule has 1 saturated heterocycles. The van der Waals surface area contributed by atoms with Crippen molar-refractivity contribution in [3.05, 3.63) is 21.9 Å². The van der Waals surface area contributed by atoms with Gasteiger partial charge in [0.1, 0.15) is 6.17 Å². The number of nitrogens with zero attached hydrogens (tertiary/aromatic N) is 1. The highest BCUT2D eigenvalue weighted by Gasteiger charge is 2.47. The minimum absolute atomic E-state index is 0.0373. The molecule has 2 fully saturated rings. The van der Waals surface area contributed by atoms with Crippen molar-refractivity contribution < 1.29 is 4.79 Å². The van der Waals surface area contributed by atoms with Gasteiger partial charge in [-0.15, -0.1) is 11.3 Å². The highest BCUT2D eigenvalue weighted by Crippen LogP contribution is 2.47. The van der Waals surface area contributed by atoms with Crippen LogP contribution < -0.4 is 5.32 Å². The average Bonchev–Trinajstić information content (AvgIpc) is 2.80. The van der Waals surface area contributed by atoms with Gasteiger partial charge in [0.25, 0.3) is 0 Å². The molecule has 3 rings (SSSR count). The lowest BCUT2D eigenvalue weighted by Crippen LogP contribution is -2.36. The molecule has 1 saturated carbocycles. The summed E-state index contributed by atoms with van der Waals surface area (Å²) in [4.78, 5) is 17.4. The van der Waals surface area contributed by atoms with Crippen LogP contribution in [0.4, 0.5) is 0 Å². The van der Waals surface area contributed by atoms with Crippen molar-refractivity contribution in [2.24, 2.45) is 11.3 Å². The van der Waals surface area contributed by atoms with E-state index in [1.165, 1.54) is 22.6 Å². The van der Waals surface area contributed by atoms with Gasteiger partial charge in [-0.05, 0) is 43.2 Å². The lowest BCUT2D eigenvalue weighted by Gasteiger charge is -2.26. The van der Waals surface area contributed by atoms with Crippen LogP contribution in [-0.4, -0.2) is 23.4 Å². The van der Waals surface area contributed by atoms with E-state index in [-0.39, 0.29) is 18.1 Å². The molecule has 0 spiro atoms. The molecule has 1 N–H and O–H groups in total. The Hall–Kier alpha value is -0.870. The lowest BCUT2D eigenvalue weighted by atomic mass is 10.0. The second-order valence-corrected chi connectivity index (χ2v) is 8.34. The largest absolute Gasteiger partial charge is 0.320 e. The minimum atomic E-state index is -0.0373. The van der Waals surface area contributed by atoms with Gasteiger partial charge < -0.3 is 4.90 Å². The summed E-state index contributed by atoms with van der Waals surface area (Å²) in [6.45, 7) is 9.55. The zero-order valence-electron chi connectivity index (χ0n) is 12.8. The zero-order chi connectivity index (χ0) is 14.5. The van der Waals surface area contributed by atoms with E-state index in [4.69, 9.17) is 0 Å². The van der Waals surface area contributed by atoms with E-state index in [0.29, 0.717) is 11.3 Å². The molecule has 110 valence electrons. The van der Waals surface area contributed by atoms with E-state index < -0.39 is 0 Å². The number of aryl methyl sites for hydroxylation is 1. The first-order valence-electron chi connectivity index (χ1n) is 7.52. The Morgan fingerprint density at radius 1 is 1.45 bits per heavy atom. The van der Waals surface area contributed by atoms with Crippen LogP contribution in [0.15, 0.2) is 12.1 Å². The summed E-state index contributed by atoms with van der Waals surface area (Å²) >= 11 is 1.79. The third-order valence-electron chi connectivity index (χ3n) is 4.55. The first-order chi connectivity index (χ1) is 9.39. The topological polar surface area (TPSA) is 32.3 Å². The molecule has 0 bridgehead atoms. The molecule has 2 unspecified atom stereocenters. The molecule has 3 nitrogen and oxygen atoms in total. The highest BCUT2D eigenvalue weighted by atomic mass is 32.1. The van der Waals surface area contributed by atoms with Crippen molar-refractivity contribution in [1.82, 2.24) is 10.2 Å². The third kappa shape index (κ3) is 2.51. The van der Waals surface area contributed by atoms with Crippen molar-refractivity contribution in [1.29, 1.82) is 0 Å². The summed E-state index contributed by atoms with van der Waals surface area (Å²) in [6.07, 6.45) is 2.57. The van der Waals surface area contributed by atoms with Gasteiger partial charge in [-0.3, -0.25) is 10.1 Å². The van der Waals surface area contributed by atoms with Crippen LogP contribution in [0.25, 0.3) is 0 Å². The molecule has 2 atom stereocenters. The molecule has 0 radical (unpaired) electrons. The number of rotatable bonds is 4. The Kier molecular flexibility index (Phi) is 3.41. The van der Waals surface area contributed by atoms with E-state index in [1.54, 1.807) is 11.3 Å². The van der Waals surface area contributed by atoms with Crippen molar-refractivity contribution in [3.8, 4) is 0 Å². The fraction of sp³-hybridized carbons (Fsp3) is 0.688. The number of hydrogen-bond acceptors (Lipinski definition) is 3. The summed E-state index contributed by atoms with van der Waals surface area (Å²) in [6, 6.07) is 4.27. The maximum atomic E-state index is 12.7. The molecule has 1 aromatic heterocycles. The van der Waals surface area contributed by atoms with E-state index in [2.05, 4.69) is 50.0 Å². The van der Waals surface area contributed by atoms with E-state index in [0.717, 1.165) is 6.54 Å². The zero-order valence-corrected chi connectivity index (χ0v) is 13.6. The van der Waals surface area contributed by atoms with E-state index in [1.807, 2.05) is 0 Å². The fourth-order valence-corrected chi connectivity index (χ4v) is 3.85. The Morgan fingerprint density at radius 2 is 2.15 bits per heavy atom. The van der Waals surface area contributed by atoms with Crippen molar-refractivity contribution in [3.63, 3.8) is 0 Å². The van der Waals surface area contributed by atoms with Crippen molar-refractivity contribution >= 4 is 17.2 Å². The van der Waals surface area contributed by atoms with Crippen LogP contribution in [0.1, 0.15) is 49.5 Å². The second kappa shape index (κ2) is 4.85. The van der Waals surface area contributed by atoms with Crippen molar-refractivity contribution in [2.45, 2.75) is 52.7 Å². The predicted molar refractivity (Wildman–Crippen MR) is 82.6 cm³/mol. The molecule has 2 heterocycles. The van der Waals surface area contributed by atoms with Crippen molar-refractivity contribution in [2.75, 3.05) is 6.54 Å². The van der Waals surface area contributed by atoms with Gasteiger partial charge in [0.15, 0.2) is 0 Å². The molecule has 20 heavy (non-hydrogen) atoms. The maximum absolute atomic E-state index is 12.7. The quantitative estimate of drug-likeness (QED) is 0.923. The summed E-state index contributed by atoms with van der Waals surface area (Å²) in [7, 11) is 0. The molecule has 1 aliphatic heterocycles. The molecule has 1 aliphatic carbocycles. The summed E-state index contributed by atoms with van der Waals surface area (Å²) in [5.74, 6) is 0.618. The van der Waals surface area contributed by atoms with Crippen LogP contribution >= 0.6 is 11.3 Å². The Bertz CT molecular complexity index is 518. The number of carbonyl (C=O) groups excluding carboxylic acids is 1. The predicted octanol–water partition coefficient (Wildman–Crippen LogP) is 3.31. The maximum Gasteiger partial charge on any atom is 0.241 e. The number of nitrogens with one attached hydrogen (secondary N) is 1. The fourth-order valence-electron chi connectivity index (χ4n) is 2.90. The van der Waals surface area contributed by atoms with Crippen LogP contribution in [0.5, 0.6) is 0 Å². The third-order valence-corrected chi connectivity index (χ3v) is 5.60. The molecular weight excluding hydrogens is 268 g/mol. The average molecular weight is 292 g/mol. The van der Waals surface area contributed by atoms with Gasteiger partial charge in [-0.25, -0.2) is 0 Å². The number of amides is 1. The standard InChI is InChI=1S/C16H24N2OS/c1-10(2)13-15(19)18(9-16(4)7-8-16)14(17-13)12-6-5-11(3)20-12/h5-6,10,13-14,17H,7-9H2,1-4H3. The van der Waals surface area contributed by atoms with Gasteiger partial charge in [0, 0.05) is 16.3 Å². The normalized spacial score (nSPS) is 28.4. The van der Waals surface area contributed by atoms with Gasteiger partial charge in [0.05, 0.1) is 6.04 Å². The number of thiophene rings is 1. The molecule has 1 aromatic rings. The minimum Gasteiger partial charge on any atom is -0.320 e. The summed E-state index contributed by atoms with van der Waals surface area (Å²) in [5.41, 5.74) is 0.355. The molecule has 2 aliphatic rings. The SMILES string of the molecule is Cc1ccc(C2NC(C(C)C)C(=O)N2CC2(C)CC2)s1. The van der Waals surface area contributed by atoms with Gasteiger partial charge in [-0.1, -0.05) is 20.8 Å². The van der Waals surface area contributed by atoms with Gasteiger partial charge in [-0.2, -0.15) is 0 Å². The van der Waals surface area contributed by atoms with Crippen LogP contribution in [0.2, 0.25) is 0 Å². The van der Waals surface area contributed by atoms with Crippen LogP contribution in [0, 0.1) is 18.3 Å². The lowest BCUT2D eigenvalue weighted by molar-refractivity contribution is -0.131. The van der Waals surface area contributed by atoms with Gasteiger partial charge in [0.2, 0.25) is 5.91 Å². The van der Waals surface area contributed by atoms with Crippen LogP contribution in [0.3, 0.4) is 0 Å². The summed E-state index contributed by atoms with van der Waals surface area (Å²) < 4.78 is 0. The van der Waals surface area contributed by atoms with Crippen LogP contribution in [-0.2, 0) is 4.79 Å². The summed E-state index contributed by atoms with van der Waals surface area (Å²) in [5, 5.41) is 3.56. The van der Waals surface area contributed by atoms with Gasteiger partial charge >= 0.3 is 0 Å². The number of carbonyl (C=O) groups is 1. The molecular formula is C16H24N2OS. The Morgan fingerprint density at radius 3 is 2.65 bits per heavy atom. The first-order valence-corrected chi connectivity index (χ1v) is 8.34. The Labute approximate surface area is 125 Å². The first kappa shape index (κ1) is 14.1. The highest BCUT2D eigenvalue weighted by molar-refractivity contribution is 7.12. The number of hydrogen-bond donors (Lipinski definition) is 1.